The number of hydrogen-bond acceptors (Lipinski definition) is 3. The van der Waals surface area contributed by atoms with Gasteiger partial charge in [0.05, 0.1) is 17.1 Å². The zero-order valence-electron chi connectivity index (χ0n) is 9.04. The second kappa shape index (κ2) is 3.81. The summed E-state index contributed by atoms with van der Waals surface area (Å²) in [6, 6.07) is 1.13. The molecular formula is C10H10ClF4N3. The molecule has 2 rings (SSSR count). The number of nitrogens with two attached hydrogens (primary N) is 2. The summed E-state index contributed by atoms with van der Waals surface area (Å²) in [6.07, 6.45) is -4.73. The molecule has 0 saturated heterocycles. The minimum Gasteiger partial charge on any atom is -0.397 e. The Balaban J connectivity index is 2.40. The Labute approximate surface area is 105 Å². The summed E-state index contributed by atoms with van der Waals surface area (Å²) in [7, 11) is 0. The van der Waals surface area contributed by atoms with Gasteiger partial charge in [0.25, 0.3) is 0 Å². The van der Waals surface area contributed by atoms with Gasteiger partial charge in [-0.3, -0.25) is 0 Å². The van der Waals surface area contributed by atoms with Crippen molar-refractivity contribution in [2.75, 3.05) is 16.8 Å². The van der Waals surface area contributed by atoms with Gasteiger partial charge in [-0.2, -0.15) is 13.2 Å². The molecule has 0 amide bonds. The molecule has 0 atom stereocenters. The molecule has 18 heavy (non-hydrogen) atoms. The Morgan fingerprint density at radius 1 is 1.22 bits per heavy atom. The minimum absolute atomic E-state index is 0.117. The third kappa shape index (κ3) is 1.92. The Morgan fingerprint density at radius 3 is 2.22 bits per heavy atom. The predicted molar refractivity (Wildman–Crippen MR) is 61.9 cm³/mol. The number of benzene rings is 1. The van der Waals surface area contributed by atoms with Crippen LogP contribution in [0.15, 0.2) is 6.07 Å². The molecule has 0 heterocycles. The average Bonchev–Trinajstić information content (AvgIpc) is 3.01. The van der Waals surface area contributed by atoms with Gasteiger partial charge in [-0.05, 0) is 18.9 Å². The fourth-order valence-corrected chi connectivity index (χ4v) is 1.79. The van der Waals surface area contributed by atoms with Crippen molar-refractivity contribution in [1.82, 2.24) is 0 Å². The van der Waals surface area contributed by atoms with Crippen LogP contribution in [0.4, 0.5) is 34.6 Å². The highest BCUT2D eigenvalue weighted by molar-refractivity contribution is 6.33. The van der Waals surface area contributed by atoms with Crippen LogP contribution in [-0.2, 0) is 0 Å². The lowest BCUT2D eigenvalue weighted by Gasteiger charge is -2.23. The Morgan fingerprint density at radius 2 is 1.78 bits per heavy atom. The second-order valence-corrected chi connectivity index (χ2v) is 4.64. The maximum Gasteiger partial charge on any atom is 0.411 e. The van der Waals surface area contributed by atoms with E-state index in [9.17, 15) is 17.6 Å². The molecule has 0 bridgehead atoms. The molecule has 0 radical (unpaired) electrons. The zero-order chi connectivity index (χ0) is 13.7. The van der Waals surface area contributed by atoms with E-state index in [1.807, 2.05) is 0 Å². The summed E-state index contributed by atoms with van der Waals surface area (Å²) in [5.41, 5.74) is 7.93. The van der Waals surface area contributed by atoms with E-state index in [1.165, 1.54) is 0 Å². The van der Waals surface area contributed by atoms with Crippen molar-refractivity contribution in [3.8, 4) is 0 Å². The quantitative estimate of drug-likeness (QED) is 0.577. The van der Waals surface area contributed by atoms with Crippen LogP contribution in [0.1, 0.15) is 12.8 Å². The summed E-state index contributed by atoms with van der Waals surface area (Å²) >= 11 is 5.54. The van der Waals surface area contributed by atoms with Crippen molar-refractivity contribution in [3.63, 3.8) is 0 Å². The SMILES string of the molecule is Nc1cc(N)c(NC2(C(F)(F)F)CC2)c(F)c1Cl. The molecule has 0 aliphatic heterocycles. The van der Waals surface area contributed by atoms with Crippen LogP contribution < -0.4 is 16.8 Å². The number of hydrogen-bond donors (Lipinski definition) is 3. The molecule has 1 aliphatic carbocycles. The highest BCUT2D eigenvalue weighted by atomic mass is 35.5. The van der Waals surface area contributed by atoms with Gasteiger partial charge in [0, 0.05) is 0 Å². The van der Waals surface area contributed by atoms with Gasteiger partial charge in [-0.15, -0.1) is 0 Å². The first-order chi connectivity index (χ1) is 8.18. The van der Waals surface area contributed by atoms with Gasteiger partial charge in [0.2, 0.25) is 0 Å². The van der Waals surface area contributed by atoms with Crippen LogP contribution in [0, 0.1) is 5.82 Å². The summed E-state index contributed by atoms with van der Waals surface area (Å²) in [4.78, 5) is 0. The van der Waals surface area contributed by atoms with Crippen LogP contribution in [0.2, 0.25) is 5.02 Å². The fourth-order valence-electron chi connectivity index (χ4n) is 1.64. The van der Waals surface area contributed by atoms with Crippen LogP contribution in [0.25, 0.3) is 0 Å². The molecule has 1 aromatic carbocycles. The highest BCUT2D eigenvalue weighted by Crippen LogP contribution is 2.52. The van der Waals surface area contributed by atoms with E-state index in [4.69, 9.17) is 23.1 Å². The van der Waals surface area contributed by atoms with Gasteiger partial charge >= 0.3 is 6.18 Å². The fraction of sp³-hybridized carbons (Fsp3) is 0.400. The van der Waals surface area contributed by atoms with Gasteiger partial charge < -0.3 is 16.8 Å². The van der Waals surface area contributed by atoms with E-state index >= 15 is 0 Å². The van der Waals surface area contributed by atoms with E-state index in [-0.39, 0.29) is 24.2 Å². The molecule has 1 aliphatic rings. The standard InChI is InChI=1S/C10H10ClF4N3/c11-6-4(16)3-5(17)8(7(6)12)18-9(1-2-9)10(13,14)15/h3,18H,1-2,16-17H2. The van der Waals surface area contributed by atoms with Crippen molar-refractivity contribution < 1.29 is 17.6 Å². The molecule has 0 spiro atoms. The Hall–Kier alpha value is -1.37. The first-order valence-corrected chi connectivity index (χ1v) is 5.43. The number of nitrogens with one attached hydrogen (secondary N) is 1. The smallest absolute Gasteiger partial charge is 0.397 e. The van der Waals surface area contributed by atoms with E-state index in [0.717, 1.165) is 6.07 Å². The molecule has 1 saturated carbocycles. The number of alkyl halides is 3. The van der Waals surface area contributed by atoms with Crippen molar-refractivity contribution in [2.45, 2.75) is 24.6 Å². The summed E-state index contributed by atoms with van der Waals surface area (Å²) < 4.78 is 52.0. The van der Waals surface area contributed by atoms with Crippen LogP contribution in [0.5, 0.6) is 0 Å². The van der Waals surface area contributed by atoms with Crippen LogP contribution in [0.3, 0.4) is 0 Å². The van der Waals surface area contributed by atoms with E-state index in [2.05, 4.69) is 5.32 Å². The summed E-state index contributed by atoms with van der Waals surface area (Å²) in [5, 5.41) is 1.67. The number of nitrogen functional groups attached to an aromatic ring is 2. The molecule has 0 aromatic heterocycles. The van der Waals surface area contributed by atoms with Crippen molar-refractivity contribution in [3.05, 3.63) is 16.9 Å². The summed E-state index contributed by atoms with van der Waals surface area (Å²) in [6.45, 7) is 0. The van der Waals surface area contributed by atoms with Crippen LogP contribution in [-0.4, -0.2) is 11.7 Å². The molecule has 5 N–H and O–H groups in total. The van der Waals surface area contributed by atoms with Gasteiger partial charge in [-0.1, -0.05) is 11.6 Å². The third-order valence-electron chi connectivity index (χ3n) is 2.92. The normalized spacial score (nSPS) is 17.6. The number of halogens is 5. The molecule has 1 fully saturated rings. The highest BCUT2D eigenvalue weighted by Gasteiger charge is 2.63. The first-order valence-electron chi connectivity index (χ1n) is 5.06. The monoisotopic (exact) mass is 283 g/mol. The molecule has 3 nitrogen and oxygen atoms in total. The van der Waals surface area contributed by atoms with E-state index in [1.54, 1.807) is 0 Å². The number of rotatable bonds is 2. The Bertz CT molecular complexity index is 497. The largest absolute Gasteiger partial charge is 0.411 e. The van der Waals surface area contributed by atoms with Crippen LogP contribution >= 0.6 is 11.6 Å². The maximum absolute atomic E-state index is 13.7. The molecular weight excluding hydrogens is 274 g/mol. The van der Waals surface area contributed by atoms with Crippen molar-refractivity contribution >= 4 is 28.7 Å². The minimum atomic E-state index is -4.47. The first kappa shape index (κ1) is 13.1. The molecule has 1 aromatic rings. The number of anilines is 3. The van der Waals surface area contributed by atoms with Crippen molar-refractivity contribution in [2.24, 2.45) is 0 Å². The van der Waals surface area contributed by atoms with E-state index < -0.39 is 28.2 Å². The third-order valence-corrected chi connectivity index (χ3v) is 3.31. The summed E-state index contributed by atoms with van der Waals surface area (Å²) in [5.74, 6) is -1.07. The lowest BCUT2D eigenvalue weighted by molar-refractivity contribution is -0.151. The second-order valence-electron chi connectivity index (χ2n) is 4.26. The average molecular weight is 284 g/mol. The van der Waals surface area contributed by atoms with Crippen molar-refractivity contribution in [1.29, 1.82) is 0 Å². The molecule has 0 unspecified atom stereocenters. The molecule has 100 valence electrons. The lowest BCUT2D eigenvalue weighted by atomic mass is 10.2. The van der Waals surface area contributed by atoms with Gasteiger partial charge in [0.1, 0.15) is 10.6 Å². The van der Waals surface area contributed by atoms with Gasteiger partial charge in [-0.25, -0.2) is 4.39 Å². The maximum atomic E-state index is 13.7. The van der Waals surface area contributed by atoms with E-state index in [0.29, 0.717) is 0 Å². The van der Waals surface area contributed by atoms with Gasteiger partial charge in [0.15, 0.2) is 5.82 Å². The lowest BCUT2D eigenvalue weighted by Crippen LogP contribution is -2.39. The topological polar surface area (TPSA) is 64.1 Å². The Kier molecular flexibility index (Phi) is 2.77. The zero-order valence-corrected chi connectivity index (χ0v) is 9.79. The molecule has 8 heteroatoms. The predicted octanol–water partition coefficient (Wildman–Crippen LogP) is 3.15.